The summed E-state index contributed by atoms with van der Waals surface area (Å²) in [6.45, 7) is 0.896. The fourth-order valence-electron chi connectivity index (χ4n) is 3.32. The van der Waals surface area contributed by atoms with E-state index in [1.54, 1.807) is 0 Å². The maximum absolute atomic E-state index is 12.2. The van der Waals surface area contributed by atoms with Gasteiger partial charge >= 0.3 is 0 Å². The molecule has 0 fully saturated rings. The molecule has 7 heteroatoms. The van der Waals surface area contributed by atoms with E-state index in [1.807, 2.05) is 48.5 Å². The Labute approximate surface area is 177 Å². The van der Waals surface area contributed by atoms with Gasteiger partial charge in [-0.25, -0.2) is 0 Å². The molecular formula is C21H21IN4O2. The van der Waals surface area contributed by atoms with Crippen molar-refractivity contribution < 1.29 is 9.53 Å². The molecule has 144 valence electrons. The van der Waals surface area contributed by atoms with Gasteiger partial charge in [-0.15, -0.1) is 10.2 Å². The summed E-state index contributed by atoms with van der Waals surface area (Å²) in [6, 6.07) is 15.3. The van der Waals surface area contributed by atoms with Crippen LogP contribution in [0.3, 0.4) is 0 Å². The molecule has 0 spiro atoms. The number of carbonyl (C=O) groups excluding carboxylic acids is 1. The summed E-state index contributed by atoms with van der Waals surface area (Å²) in [5, 5.41) is 11.6. The number of carbonyl (C=O) groups is 1. The highest BCUT2D eigenvalue weighted by Gasteiger charge is 2.16. The average Bonchev–Trinajstić information content (AvgIpc) is 2.97. The van der Waals surface area contributed by atoms with Gasteiger partial charge in [0, 0.05) is 22.1 Å². The Kier molecular flexibility index (Phi) is 5.90. The van der Waals surface area contributed by atoms with Crippen LogP contribution in [0.1, 0.15) is 25.1 Å². The fourth-order valence-corrected chi connectivity index (χ4v) is 3.84. The molecule has 0 atom stereocenters. The lowest BCUT2D eigenvalue weighted by molar-refractivity contribution is -0.118. The van der Waals surface area contributed by atoms with Crippen LogP contribution in [0.2, 0.25) is 0 Å². The van der Waals surface area contributed by atoms with Gasteiger partial charge in [0.1, 0.15) is 11.6 Å². The maximum atomic E-state index is 12.2. The lowest BCUT2D eigenvalue weighted by Gasteiger charge is -2.10. The number of fused-ring (bicyclic) bond motifs is 1. The van der Waals surface area contributed by atoms with Crippen LogP contribution >= 0.6 is 22.6 Å². The Balaban J connectivity index is 1.44. The second-order valence-corrected chi connectivity index (χ2v) is 7.91. The Morgan fingerprint density at radius 2 is 2.00 bits per heavy atom. The van der Waals surface area contributed by atoms with Crippen LogP contribution in [0.25, 0.3) is 11.4 Å². The molecule has 3 aromatic rings. The van der Waals surface area contributed by atoms with Crippen LogP contribution in [-0.4, -0.2) is 27.3 Å². The molecule has 28 heavy (non-hydrogen) atoms. The number of aromatic nitrogens is 3. The number of ether oxygens (including phenoxy) is 1. The number of rotatable bonds is 5. The van der Waals surface area contributed by atoms with Gasteiger partial charge in [-0.1, -0.05) is 30.7 Å². The number of aryl methyl sites for hydroxylation is 1. The topological polar surface area (TPSA) is 69.0 Å². The van der Waals surface area contributed by atoms with Crippen LogP contribution in [0, 0.1) is 3.57 Å². The quantitative estimate of drug-likeness (QED) is 0.545. The zero-order valence-electron chi connectivity index (χ0n) is 15.4. The van der Waals surface area contributed by atoms with Gasteiger partial charge in [-0.3, -0.25) is 4.79 Å². The fraction of sp³-hybridized carbons (Fsp3) is 0.286. The normalized spacial score (nSPS) is 13.5. The molecule has 2 aromatic carbocycles. The number of para-hydroxylation sites is 1. The monoisotopic (exact) mass is 488 g/mol. The zero-order valence-corrected chi connectivity index (χ0v) is 17.6. The first-order chi connectivity index (χ1) is 13.7. The van der Waals surface area contributed by atoms with Crippen molar-refractivity contribution in [1.82, 2.24) is 14.8 Å². The van der Waals surface area contributed by atoms with E-state index in [-0.39, 0.29) is 12.5 Å². The molecule has 0 radical (unpaired) electrons. The Hall–Kier alpha value is -2.42. The number of hydrogen-bond donors (Lipinski definition) is 1. The van der Waals surface area contributed by atoms with Crippen LogP contribution < -0.4 is 10.1 Å². The number of benzene rings is 2. The predicted molar refractivity (Wildman–Crippen MR) is 116 cm³/mol. The lowest BCUT2D eigenvalue weighted by Crippen LogP contribution is -2.20. The largest absolute Gasteiger partial charge is 0.484 e. The third kappa shape index (κ3) is 4.35. The first kappa shape index (κ1) is 18.9. The lowest BCUT2D eigenvalue weighted by atomic mass is 10.2. The van der Waals surface area contributed by atoms with Gasteiger partial charge in [-0.2, -0.15) is 0 Å². The smallest absolute Gasteiger partial charge is 0.262 e. The molecule has 1 aliphatic rings. The third-order valence-corrected chi connectivity index (χ3v) is 5.66. The number of halogens is 1. The van der Waals surface area contributed by atoms with Gasteiger partial charge in [0.05, 0.1) is 5.69 Å². The minimum atomic E-state index is -0.189. The third-order valence-electron chi connectivity index (χ3n) is 4.72. The molecule has 2 heterocycles. The standard InChI is InChI=1S/C21H21IN4O2/c22-17-9-3-4-10-18(17)23-20(27)14-28-16-8-6-7-15(13-16)21-25-24-19-11-2-1-5-12-26(19)21/h3-4,6-10,13H,1-2,5,11-12,14H2,(H,23,27). The van der Waals surface area contributed by atoms with Crippen molar-refractivity contribution in [3.63, 3.8) is 0 Å². The second kappa shape index (κ2) is 8.72. The summed E-state index contributed by atoms with van der Waals surface area (Å²) in [6.07, 6.45) is 4.51. The summed E-state index contributed by atoms with van der Waals surface area (Å²) >= 11 is 2.19. The van der Waals surface area contributed by atoms with E-state index in [0.29, 0.717) is 5.75 Å². The van der Waals surface area contributed by atoms with E-state index in [1.165, 1.54) is 6.42 Å². The molecule has 1 aliphatic heterocycles. The highest BCUT2D eigenvalue weighted by Crippen LogP contribution is 2.25. The highest BCUT2D eigenvalue weighted by atomic mass is 127. The van der Waals surface area contributed by atoms with Crippen LogP contribution in [0.4, 0.5) is 5.69 Å². The molecule has 1 amide bonds. The van der Waals surface area contributed by atoms with Crippen molar-refractivity contribution in [3.8, 4) is 17.1 Å². The van der Waals surface area contributed by atoms with Crippen molar-refractivity contribution in [3.05, 3.63) is 57.9 Å². The molecule has 0 saturated carbocycles. The zero-order chi connectivity index (χ0) is 19.3. The molecule has 0 bridgehead atoms. The Morgan fingerprint density at radius 1 is 1.11 bits per heavy atom. The van der Waals surface area contributed by atoms with E-state index in [4.69, 9.17) is 4.74 Å². The van der Waals surface area contributed by atoms with E-state index < -0.39 is 0 Å². The Bertz CT molecular complexity index is 986. The number of nitrogens with zero attached hydrogens (tertiary/aromatic N) is 3. The van der Waals surface area contributed by atoms with Crippen molar-refractivity contribution in [2.45, 2.75) is 32.2 Å². The molecule has 0 saturated heterocycles. The number of amides is 1. The summed E-state index contributed by atoms with van der Waals surface area (Å²) in [7, 11) is 0. The number of hydrogen-bond acceptors (Lipinski definition) is 4. The minimum absolute atomic E-state index is 0.0492. The Morgan fingerprint density at radius 3 is 2.89 bits per heavy atom. The van der Waals surface area contributed by atoms with Gasteiger partial charge < -0.3 is 14.6 Å². The summed E-state index contributed by atoms with van der Waals surface area (Å²) in [4.78, 5) is 12.2. The SMILES string of the molecule is O=C(COc1cccc(-c2nnc3n2CCCCC3)c1)Nc1ccccc1I. The molecular weight excluding hydrogens is 467 g/mol. The number of nitrogens with one attached hydrogen (secondary N) is 1. The van der Waals surface area contributed by atoms with Crippen molar-refractivity contribution in [2.75, 3.05) is 11.9 Å². The van der Waals surface area contributed by atoms with Crippen LogP contribution in [0.5, 0.6) is 5.75 Å². The number of anilines is 1. The summed E-state index contributed by atoms with van der Waals surface area (Å²) in [5.41, 5.74) is 1.74. The van der Waals surface area contributed by atoms with E-state index in [9.17, 15) is 4.79 Å². The highest BCUT2D eigenvalue weighted by molar-refractivity contribution is 14.1. The molecule has 6 nitrogen and oxygen atoms in total. The first-order valence-electron chi connectivity index (χ1n) is 9.40. The van der Waals surface area contributed by atoms with Crippen molar-refractivity contribution >= 4 is 34.2 Å². The molecule has 0 aliphatic carbocycles. The van der Waals surface area contributed by atoms with Gasteiger partial charge in [-0.05, 0) is 59.7 Å². The minimum Gasteiger partial charge on any atom is -0.484 e. The average molecular weight is 488 g/mol. The van der Waals surface area contributed by atoms with E-state index >= 15 is 0 Å². The molecule has 4 rings (SSSR count). The van der Waals surface area contributed by atoms with Crippen LogP contribution in [0.15, 0.2) is 48.5 Å². The molecule has 0 unspecified atom stereocenters. The predicted octanol–water partition coefficient (Wildman–Crippen LogP) is 4.29. The maximum Gasteiger partial charge on any atom is 0.262 e. The van der Waals surface area contributed by atoms with Gasteiger partial charge in [0.15, 0.2) is 12.4 Å². The van der Waals surface area contributed by atoms with Crippen molar-refractivity contribution in [1.29, 1.82) is 0 Å². The first-order valence-corrected chi connectivity index (χ1v) is 10.5. The van der Waals surface area contributed by atoms with E-state index in [0.717, 1.165) is 52.3 Å². The summed E-state index contributed by atoms with van der Waals surface area (Å²) in [5.74, 6) is 2.37. The van der Waals surface area contributed by atoms with Crippen molar-refractivity contribution in [2.24, 2.45) is 0 Å². The van der Waals surface area contributed by atoms with Crippen LogP contribution in [-0.2, 0) is 17.8 Å². The summed E-state index contributed by atoms with van der Waals surface area (Å²) < 4.78 is 8.91. The van der Waals surface area contributed by atoms with Gasteiger partial charge in [0.25, 0.3) is 5.91 Å². The van der Waals surface area contributed by atoms with Gasteiger partial charge in [0.2, 0.25) is 0 Å². The molecule has 1 N–H and O–H groups in total. The second-order valence-electron chi connectivity index (χ2n) is 6.75. The molecule has 1 aromatic heterocycles. The van der Waals surface area contributed by atoms with E-state index in [2.05, 4.69) is 42.7 Å².